The van der Waals surface area contributed by atoms with E-state index in [0.717, 1.165) is 44.5 Å². The van der Waals surface area contributed by atoms with Crippen LogP contribution in [0.15, 0.2) is 126 Å². The molecule has 227 valence electrons. The molecule has 3 heterocycles. The quantitative estimate of drug-likeness (QED) is 0.129. The van der Waals surface area contributed by atoms with Crippen molar-refractivity contribution in [3.05, 3.63) is 151 Å². The van der Waals surface area contributed by atoms with Crippen molar-refractivity contribution in [3.63, 3.8) is 0 Å². The molecular formula is C39H33FIrN2OSi-2. The summed E-state index contributed by atoms with van der Waals surface area (Å²) in [4.78, 5) is 9.04. The van der Waals surface area contributed by atoms with Crippen molar-refractivity contribution in [1.29, 1.82) is 0 Å². The molecule has 1 atom stereocenters. The molecule has 0 fully saturated rings. The van der Waals surface area contributed by atoms with E-state index in [1.165, 1.54) is 28.4 Å². The summed E-state index contributed by atoms with van der Waals surface area (Å²) in [6.45, 7) is 9.08. The number of furan rings is 1. The Morgan fingerprint density at radius 3 is 2.24 bits per heavy atom. The van der Waals surface area contributed by atoms with Gasteiger partial charge in [-0.3, -0.25) is 4.39 Å². The fourth-order valence-electron chi connectivity index (χ4n) is 5.23. The third kappa shape index (κ3) is 7.20. The summed E-state index contributed by atoms with van der Waals surface area (Å²) in [5.41, 5.74) is 7.72. The second-order valence-corrected chi connectivity index (χ2v) is 17.0. The molecule has 6 heteroatoms. The number of benzene rings is 4. The van der Waals surface area contributed by atoms with Crippen LogP contribution in [-0.2, 0) is 20.1 Å². The van der Waals surface area contributed by atoms with Crippen LogP contribution < -0.4 is 5.19 Å². The van der Waals surface area contributed by atoms with Gasteiger partial charge >= 0.3 is 0 Å². The van der Waals surface area contributed by atoms with E-state index in [-0.39, 0.29) is 25.9 Å². The van der Waals surface area contributed by atoms with E-state index < -0.39 is 8.07 Å². The van der Waals surface area contributed by atoms with E-state index in [1.807, 2.05) is 48.8 Å². The molecule has 4 aromatic carbocycles. The number of halogens is 1. The molecule has 0 bridgehead atoms. The fraction of sp³-hybridized carbons (Fsp3) is 0.128. The standard InChI is InChI=1S/C25H18NO.C14H15FNSi.Ir/c1-17(18-8-3-2-4-9-18)19-14-15-26-23(16-19)22-12-7-11-21-20-10-5-6-13-24(20)27-25(21)22;1-17(2,3)13-8-9-14(16-10-13)11-4-6-12(15)7-5-11;/h2-11,13-17H,1H3;4,6-10H,1-3H3;/q2*-1;. The van der Waals surface area contributed by atoms with E-state index in [0.29, 0.717) is 5.92 Å². The molecule has 3 nitrogen and oxygen atoms in total. The number of para-hydroxylation sites is 1. The van der Waals surface area contributed by atoms with Gasteiger partial charge in [0, 0.05) is 49.6 Å². The first kappa shape index (κ1) is 32.2. The molecule has 0 spiro atoms. The third-order valence-corrected chi connectivity index (χ3v) is 9.89. The van der Waals surface area contributed by atoms with Crippen molar-refractivity contribution >= 4 is 35.2 Å². The molecular weight excluding hydrogens is 752 g/mol. The maximum absolute atomic E-state index is 12.8. The Hall–Kier alpha value is -4.22. The van der Waals surface area contributed by atoms with E-state index >= 15 is 0 Å². The Kier molecular flexibility index (Phi) is 9.88. The van der Waals surface area contributed by atoms with Crippen molar-refractivity contribution in [1.82, 2.24) is 9.97 Å². The predicted molar refractivity (Wildman–Crippen MR) is 181 cm³/mol. The zero-order chi connectivity index (χ0) is 30.7. The SMILES string of the molecule is CC(c1ccccc1)c1ccnc(-c2[c-]ccc3c2oc2ccccc23)c1.C[Si](C)(C)c1ccc(-c2[c-]cc(F)cc2)nc1.[Ir]. The molecule has 7 rings (SSSR count). The molecule has 1 radical (unpaired) electrons. The molecule has 0 saturated heterocycles. The van der Waals surface area contributed by atoms with Crippen molar-refractivity contribution < 1.29 is 28.9 Å². The van der Waals surface area contributed by atoms with Crippen LogP contribution in [0, 0.1) is 17.9 Å². The number of fused-ring (bicyclic) bond motifs is 3. The Balaban J connectivity index is 0.000000193. The van der Waals surface area contributed by atoms with Gasteiger partial charge in [0.2, 0.25) is 0 Å². The van der Waals surface area contributed by atoms with E-state index in [4.69, 9.17) is 4.42 Å². The van der Waals surface area contributed by atoms with Gasteiger partial charge in [-0.05, 0) is 39.8 Å². The molecule has 0 aliphatic heterocycles. The van der Waals surface area contributed by atoms with Crippen molar-refractivity contribution in [2.24, 2.45) is 0 Å². The first-order valence-corrected chi connectivity index (χ1v) is 18.3. The van der Waals surface area contributed by atoms with Crippen molar-refractivity contribution in [3.8, 4) is 22.5 Å². The molecule has 45 heavy (non-hydrogen) atoms. The van der Waals surface area contributed by atoms with Crippen LogP contribution in [0.1, 0.15) is 24.0 Å². The van der Waals surface area contributed by atoms with Crippen molar-refractivity contribution in [2.75, 3.05) is 0 Å². The summed E-state index contributed by atoms with van der Waals surface area (Å²) in [5.74, 6) is 0.0234. The van der Waals surface area contributed by atoms with Crippen LogP contribution in [0.5, 0.6) is 0 Å². The number of nitrogens with zero attached hydrogens (tertiary/aromatic N) is 2. The Morgan fingerprint density at radius 2 is 1.53 bits per heavy atom. The van der Waals surface area contributed by atoms with Gasteiger partial charge in [0.25, 0.3) is 0 Å². The van der Waals surface area contributed by atoms with Crippen LogP contribution in [0.2, 0.25) is 19.6 Å². The minimum Gasteiger partial charge on any atom is -0.501 e. The molecule has 0 N–H and O–H groups in total. The summed E-state index contributed by atoms with van der Waals surface area (Å²) in [7, 11) is -1.30. The van der Waals surface area contributed by atoms with Gasteiger partial charge < -0.3 is 14.4 Å². The molecule has 1 unspecified atom stereocenters. The van der Waals surface area contributed by atoms with Gasteiger partial charge in [-0.25, -0.2) is 0 Å². The zero-order valence-corrected chi connectivity index (χ0v) is 29.0. The van der Waals surface area contributed by atoms with Gasteiger partial charge in [-0.15, -0.1) is 48.0 Å². The van der Waals surface area contributed by atoms with Gasteiger partial charge in [-0.1, -0.05) is 104 Å². The maximum atomic E-state index is 12.8. The van der Waals surface area contributed by atoms with E-state index in [1.54, 1.807) is 6.07 Å². The average molecular weight is 785 g/mol. The monoisotopic (exact) mass is 785 g/mol. The fourth-order valence-corrected chi connectivity index (χ4v) is 6.27. The van der Waals surface area contributed by atoms with E-state index in [9.17, 15) is 4.39 Å². The first-order chi connectivity index (χ1) is 21.3. The molecule has 0 aliphatic carbocycles. The largest absolute Gasteiger partial charge is 0.501 e. The minimum absolute atomic E-state index is 0. The summed E-state index contributed by atoms with van der Waals surface area (Å²) in [5, 5.41) is 3.54. The Bertz CT molecular complexity index is 2020. The average Bonchev–Trinajstić information content (AvgIpc) is 3.44. The number of aromatic nitrogens is 2. The first-order valence-electron chi connectivity index (χ1n) is 14.8. The normalized spacial score (nSPS) is 11.8. The Labute approximate surface area is 278 Å². The second-order valence-electron chi connectivity index (χ2n) is 11.9. The number of hydrogen-bond donors (Lipinski definition) is 0. The summed E-state index contributed by atoms with van der Waals surface area (Å²) in [6, 6.07) is 41.7. The zero-order valence-electron chi connectivity index (χ0n) is 25.6. The van der Waals surface area contributed by atoms with E-state index in [2.05, 4.69) is 103 Å². The molecule has 7 aromatic rings. The van der Waals surface area contributed by atoms with Gasteiger partial charge in [0.15, 0.2) is 0 Å². The third-order valence-electron chi connectivity index (χ3n) is 7.86. The van der Waals surface area contributed by atoms with Crippen LogP contribution in [0.3, 0.4) is 0 Å². The Morgan fingerprint density at radius 1 is 0.756 bits per heavy atom. The summed E-state index contributed by atoms with van der Waals surface area (Å²) >= 11 is 0. The minimum atomic E-state index is -1.30. The van der Waals surface area contributed by atoms with Crippen LogP contribution in [0.25, 0.3) is 44.5 Å². The molecule has 3 aromatic heterocycles. The number of rotatable bonds is 5. The van der Waals surface area contributed by atoms with Gasteiger partial charge in [0.1, 0.15) is 5.58 Å². The van der Waals surface area contributed by atoms with Crippen LogP contribution in [0.4, 0.5) is 4.39 Å². The molecule has 0 aliphatic rings. The maximum Gasteiger partial charge on any atom is 0.120 e. The molecule has 0 saturated carbocycles. The van der Waals surface area contributed by atoms with Crippen LogP contribution in [-0.4, -0.2) is 18.0 Å². The molecule has 0 amide bonds. The summed E-state index contributed by atoms with van der Waals surface area (Å²) < 4.78 is 18.9. The predicted octanol–water partition coefficient (Wildman–Crippen LogP) is 9.83. The van der Waals surface area contributed by atoms with Gasteiger partial charge in [0.05, 0.1) is 13.7 Å². The van der Waals surface area contributed by atoms with Crippen molar-refractivity contribution in [2.45, 2.75) is 32.5 Å². The van der Waals surface area contributed by atoms with Gasteiger partial charge in [-0.2, -0.15) is 0 Å². The topological polar surface area (TPSA) is 38.9 Å². The smallest absolute Gasteiger partial charge is 0.120 e. The summed E-state index contributed by atoms with van der Waals surface area (Å²) in [6.07, 6.45) is 3.80. The van der Waals surface area contributed by atoms with Crippen LogP contribution >= 0.6 is 0 Å². The number of hydrogen-bond acceptors (Lipinski definition) is 3. The number of pyridine rings is 2. The second kappa shape index (κ2) is 13.8.